The summed E-state index contributed by atoms with van der Waals surface area (Å²) in [5.74, 6) is 0. The van der Waals surface area contributed by atoms with Gasteiger partial charge in [0, 0.05) is 6.66 Å². The number of hydrogen-bond donors (Lipinski definition) is 1. The van der Waals surface area contributed by atoms with E-state index in [1.807, 2.05) is 0 Å². The molecule has 1 atom stereocenters. The van der Waals surface area contributed by atoms with Gasteiger partial charge in [0.1, 0.15) is 0 Å². The third kappa shape index (κ3) is 7.64. The van der Waals surface area contributed by atoms with Gasteiger partial charge in [0.05, 0.1) is 19.1 Å². The summed E-state index contributed by atoms with van der Waals surface area (Å²) in [7, 11) is -3.35. The van der Waals surface area contributed by atoms with Crippen LogP contribution in [0.5, 0.6) is 0 Å². The van der Waals surface area contributed by atoms with Crippen molar-refractivity contribution in [3.63, 3.8) is 0 Å². The van der Waals surface area contributed by atoms with Crippen molar-refractivity contribution in [2.24, 2.45) is 0 Å². The van der Waals surface area contributed by atoms with Crippen LogP contribution in [0.1, 0.15) is 6.42 Å². The van der Waals surface area contributed by atoms with Crippen molar-refractivity contribution in [2.45, 2.75) is 6.42 Å². The molecule has 0 aromatic heterocycles. The molecule has 0 saturated heterocycles. The Bertz CT molecular complexity index is 156. The second-order valence-electron chi connectivity index (χ2n) is 1.54. The molecule has 0 heterocycles. The standard InChI is InChI=1S/C4H8NO3P/c1-9(6,7)8-4-2-3-5/h2,4H2,1H3,(H,6,7). The van der Waals surface area contributed by atoms with E-state index in [0.29, 0.717) is 0 Å². The first-order valence-corrected chi connectivity index (χ1v) is 4.40. The van der Waals surface area contributed by atoms with Crippen LogP contribution >= 0.6 is 7.60 Å². The summed E-state index contributed by atoms with van der Waals surface area (Å²) in [6.45, 7) is 1.12. The fraction of sp³-hybridized carbons (Fsp3) is 0.750. The molecule has 1 N–H and O–H groups in total. The Morgan fingerprint density at radius 3 is 2.78 bits per heavy atom. The van der Waals surface area contributed by atoms with Crippen molar-refractivity contribution < 1.29 is 14.0 Å². The lowest BCUT2D eigenvalue weighted by molar-refractivity contribution is 0.271. The molecule has 0 aliphatic carbocycles. The molecule has 0 fully saturated rings. The monoisotopic (exact) mass is 149 g/mol. The first kappa shape index (κ1) is 8.64. The van der Waals surface area contributed by atoms with E-state index in [2.05, 4.69) is 4.52 Å². The molecular weight excluding hydrogens is 141 g/mol. The molecule has 4 nitrogen and oxygen atoms in total. The Morgan fingerprint density at radius 2 is 2.44 bits per heavy atom. The van der Waals surface area contributed by atoms with Crippen molar-refractivity contribution in [3.8, 4) is 6.07 Å². The van der Waals surface area contributed by atoms with Crippen LogP contribution in [0, 0.1) is 11.3 Å². The molecule has 0 radical (unpaired) electrons. The van der Waals surface area contributed by atoms with Crippen LogP contribution in [-0.4, -0.2) is 18.2 Å². The van der Waals surface area contributed by atoms with Gasteiger partial charge in [0.15, 0.2) is 0 Å². The number of rotatable bonds is 3. The SMILES string of the molecule is CP(=O)(O)OCCC#N. The maximum absolute atomic E-state index is 10.3. The molecule has 0 aromatic rings. The Balaban J connectivity index is 3.32. The largest absolute Gasteiger partial charge is 0.325 e. The van der Waals surface area contributed by atoms with Crippen molar-refractivity contribution >= 4 is 7.60 Å². The highest BCUT2D eigenvalue weighted by molar-refractivity contribution is 7.51. The lowest BCUT2D eigenvalue weighted by Gasteiger charge is -2.02. The smallest absolute Gasteiger partial charge is 0.324 e. The van der Waals surface area contributed by atoms with Crippen LogP contribution in [-0.2, 0) is 9.09 Å². The molecule has 52 valence electrons. The fourth-order valence-electron chi connectivity index (χ4n) is 0.261. The normalized spacial score (nSPS) is 16.1. The number of nitrogens with zero attached hydrogens (tertiary/aromatic N) is 1. The van der Waals surface area contributed by atoms with E-state index in [1.54, 1.807) is 6.07 Å². The lowest BCUT2D eigenvalue weighted by Crippen LogP contribution is -1.88. The van der Waals surface area contributed by atoms with Gasteiger partial charge in [0.2, 0.25) is 0 Å². The highest BCUT2D eigenvalue weighted by Gasteiger charge is 2.07. The third-order valence-corrected chi connectivity index (χ3v) is 1.21. The van der Waals surface area contributed by atoms with Crippen molar-refractivity contribution in [2.75, 3.05) is 13.3 Å². The van der Waals surface area contributed by atoms with Gasteiger partial charge in [-0.3, -0.25) is 4.57 Å². The van der Waals surface area contributed by atoms with Crippen LogP contribution in [0.2, 0.25) is 0 Å². The van der Waals surface area contributed by atoms with E-state index in [4.69, 9.17) is 10.2 Å². The average Bonchev–Trinajstić information content (AvgIpc) is 1.63. The van der Waals surface area contributed by atoms with Crippen LogP contribution in [0.15, 0.2) is 0 Å². The molecule has 1 unspecified atom stereocenters. The number of nitriles is 1. The molecule has 0 bridgehead atoms. The van der Waals surface area contributed by atoms with E-state index in [9.17, 15) is 4.57 Å². The topological polar surface area (TPSA) is 70.3 Å². The average molecular weight is 149 g/mol. The predicted octanol–water partition coefficient (Wildman–Crippen LogP) is 0.732. The zero-order valence-electron chi connectivity index (χ0n) is 5.07. The van der Waals surface area contributed by atoms with Crippen LogP contribution in [0.25, 0.3) is 0 Å². The van der Waals surface area contributed by atoms with E-state index in [-0.39, 0.29) is 13.0 Å². The zero-order valence-corrected chi connectivity index (χ0v) is 5.97. The van der Waals surface area contributed by atoms with E-state index < -0.39 is 7.60 Å². The van der Waals surface area contributed by atoms with Gasteiger partial charge in [-0.05, 0) is 0 Å². The molecular formula is C4H8NO3P. The predicted molar refractivity (Wildman–Crippen MR) is 31.9 cm³/mol. The Kier molecular flexibility index (Phi) is 3.48. The lowest BCUT2D eigenvalue weighted by atomic mass is 10.5. The summed E-state index contributed by atoms with van der Waals surface area (Å²) >= 11 is 0. The maximum atomic E-state index is 10.3. The minimum atomic E-state index is -3.35. The first-order chi connectivity index (χ1) is 4.06. The molecule has 9 heavy (non-hydrogen) atoms. The van der Waals surface area contributed by atoms with Gasteiger partial charge in [-0.25, -0.2) is 0 Å². The van der Waals surface area contributed by atoms with Gasteiger partial charge >= 0.3 is 7.60 Å². The van der Waals surface area contributed by atoms with Crippen molar-refractivity contribution in [1.82, 2.24) is 0 Å². The first-order valence-electron chi connectivity index (χ1n) is 2.38. The summed E-state index contributed by atoms with van der Waals surface area (Å²) < 4.78 is 14.7. The summed E-state index contributed by atoms with van der Waals surface area (Å²) in [6.07, 6.45) is 0.151. The minimum absolute atomic E-state index is 0.0285. The summed E-state index contributed by atoms with van der Waals surface area (Å²) in [6, 6.07) is 1.78. The van der Waals surface area contributed by atoms with Crippen LogP contribution in [0.3, 0.4) is 0 Å². The molecule has 5 heteroatoms. The molecule has 0 aliphatic heterocycles. The van der Waals surface area contributed by atoms with Gasteiger partial charge in [0.25, 0.3) is 0 Å². The summed E-state index contributed by atoms with van der Waals surface area (Å²) in [5.41, 5.74) is 0. The quantitative estimate of drug-likeness (QED) is 0.474. The molecule has 0 aliphatic rings. The zero-order chi connectivity index (χ0) is 7.33. The Morgan fingerprint density at radius 1 is 1.89 bits per heavy atom. The van der Waals surface area contributed by atoms with Crippen LogP contribution < -0.4 is 0 Å². The summed E-state index contributed by atoms with van der Waals surface area (Å²) in [4.78, 5) is 8.47. The molecule has 0 spiro atoms. The second kappa shape index (κ2) is 3.62. The highest BCUT2D eigenvalue weighted by Crippen LogP contribution is 2.36. The van der Waals surface area contributed by atoms with E-state index in [1.165, 1.54) is 0 Å². The second-order valence-corrected chi connectivity index (χ2v) is 3.41. The number of hydrogen-bond acceptors (Lipinski definition) is 3. The molecule has 0 saturated carbocycles. The highest BCUT2D eigenvalue weighted by atomic mass is 31.2. The third-order valence-electron chi connectivity index (χ3n) is 0.545. The van der Waals surface area contributed by atoms with Crippen molar-refractivity contribution in [3.05, 3.63) is 0 Å². The minimum Gasteiger partial charge on any atom is -0.324 e. The van der Waals surface area contributed by atoms with Gasteiger partial charge < -0.3 is 9.42 Å². The van der Waals surface area contributed by atoms with Gasteiger partial charge in [-0.1, -0.05) is 0 Å². The molecule has 0 aromatic carbocycles. The van der Waals surface area contributed by atoms with Crippen molar-refractivity contribution in [1.29, 1.82) is 5.26 Å². The van der Waals surface area contributed by atoms with E-state index in [0.717, 1.165) is 6.66 Å². The van der Waals surface area contributed by atoms with Gasteiger partial charge in [-0.15, -0.1) is 0 Å². The van der Waals surface area contributed by atoms with Gasteiger partial charge in [-0.2, -0.15) is 5.26 Å². The Labute approximate surface area is 53.6 Å². The fourth-order valence-corrected chi connectivity index (χ4v) is 0.691. The molecule has 0 amide bonds. The summed E-state index contributed by atoms with van der Waals surface area (Å²) in [5, 5.41) is 7.96. The molecule has 0 rings (SSSR count). The Hall–Kier alpha value is -0.360. The van der Waals surface area contributed by atoms with E-state index >= 15 is 0 Å². The maximum Gasteiger partial charge on any atom is 0.325 e. The van der Waals surface area contributed by atoms with Crippen LogP contribution in [0.4, 0.5) is 0 Å².